The van der Waals surface area contributed by atoms with Gasteiger partial charge in [0.05, 0.1) is 0 Å². The number of aryl methyl sites for hydroxylation is 2. The first-order valence-electron chi connectivity index (χ1n) is 7.21. The lowest BCUT2D eigenvalue weighted by Crippen LogP contribution is -2.23. The second kappa shape index (κ2) is 6.58. The Kier molecular flexibility index (Phi) is 4.80. The molecule has 2 heteroatoms. The Hall–Kier alpha value is -1.80. The first-order chi connectivity index (χ1) is 9.58. The van der Waals surface area contributed by atoms with Gasteiger partial charge in [0, 0.05) is 18.8 Å². The van der Waals surface area contributed by atoms with Crippen LogP contribution in [0.15, 0.2) is 42.5 Å². The molecule has 0 unspecified atom stereocenters. The minimum atomic E-state index is 0.881. The number of hydrogen-bond acceptors (Lipinski definition) is 2. The van der Waals surface area contributed by atoms with Crippen molar-refractivity contribution in [2.24, 2.45) is 0 Å². The number of rotatable bonds is 5. The van der Waals surface area contributed by atoms with E-state index in [0.717, 1.165) is 25.3 Å². The first-order valence-corrected chi connectivity index (χ1v) is 7.21. The molecule has 0 aliphatic heterocycles. The molecule has 2 rings (SSSR count). The quantitative estimate of drug-likeness (QED) is 0.833. The van der Waals surface area contributed by atoms with E-state index in [1.54, 1.807) is 0 Å². The summed E-state index contributed by atoms with van der Waals surface area (Å²) in [6, 6.07) is 14.9. The van der Waals surface area contributed by atoms with Crippen LogP contribution in [0.4, 0.5) is 5.69 Å². The van der Waals surface area contributed by atoms with Crippen LogP contribution in [-0.4, -0.2) is 11.4 Å². The van der Waals surface area contributed by atoms with E-state index < -0.39 is 0 Å². The zero-order valence-electron chi connectivity index (χ0n) is 12.7. The highest BCUT2D eigenvalue weighted by Gasteiger charge is 2.07. The van der Waals surface area contributed by atoms with Gasteiger partial charge in [-0.3, -0.25) is 4.90 Å². The summed E-state index contributed by atoms with van der Waals surface area (Å²) in [5, 5.41) is 0. The van der Waals surface area contributed by atoms with Crippen molar-refractivity contribution in [1.29, 1.82) is 0 Å². The monoisotopic (exact) mass is 268 g/mol. The molecule has 0 atom stereocenters. The summed E-state index contributed by atoms with van der Waals surface area (Å²) in [5.74, 6) is 0. The summed E-state index contributed by atoms with van der Waals surface area (Å²) in [5.41, 5.74) is 12.2. The van der Waals surface area contributed by atoms with Crippen LogP contribution in [0.3, 0.4) is 0 Å². The molecule has 0 saturated carbocycles. The highest BCUT2D eigenvalue weighted by Crippen LogP contribution is 2.16. The number of anilines is 1. The van der Waals surface area contributed by atoms with Crippen LogP contribution in [0, 0.1) is 13.8 Å². The van der Waals surface area contributed by atoms with Gasteiger partial charge < -0.3 is 5.73 Å². The first kappa shape index (κ1) is 14.6. The van der Waals surface area contributed by atoms with Crippen molar-refractivity contribution in [1.82, 2.24) is 4.90 Å². The Morgan fingerprint density at radius 1 is 0.950 bits per heavy atom. The fourth-order valence-electron chi connectivity index (χ4n) is 2.62. The lowest BCUT2D eigenvalue weighted by atomic mass is 10.1. The molecule has 0 heterocycles. The third-order valence-electron chi connectivity index (χ3n) is 3.58. The molecule has 0 spiro atoms. The molecule has 2 aromatic rings. The molecule has 2 nitrogen and oxygen atoms in total. The standard InChI is InChI=1S/C18H24N2/c1-4-20(13-17-7-5-6-8-18(17)19)12-16-10-14(2)9-15(3)11-16/h5-11H,4,12-13,19H2,1-3H3. The lowest BCUT2D eigenvalue weighted by molar-refractivity contribution is 0.272. The Balaban J connectivity index is 2.11. The Bertz CT molecular complexity index is 555. The van der Waals surface area contributed by atoms with E-state index in [1.807, 2.05) is 12.1 Å². The van der Waals surface area contributed by atoms with Crippen molar-refractivity contribution in [2.45, 2.75) is 33.9 Å². The summed E-state index contributed by atoms with van der Waals surface area (Å²) in [4.78, 5) is 2.42. The van der Waals surface area contributed by atoms with E-state index in [4.69, 9.17) is 5.73 Å². The van der Waals surface area contributed by atoms with Gasteiger partial charge >= 0.3 is 0 Å². The second-order valence-electron chi connectivity index (χ2n) is 5.50. The van der Waals surface area contributed by atoms with E-state index in [0.29, 0.717) is 0 Å². The highest BCUT2D eigenvalue weighted by molar-refractivity contribution is 5.46. The van der Waals surface area contributed by atoms with Crippen molar-refractivity contribution < 1.29 is 0 Å². The molecule has 106 valence electrons. The zero-order chi connectivity index (χ0) is 14.5. The minimum Gasteiger partial charge on any atom is -0.398 e. The average Bonchev–Trinajstić information content (AvgIpc) is 2.39. The lowest BCUT2D eigenvalue weighted by Gasteiger charge is -2.22. The molecule has 20 heavy (non-hydrogen) atoms. The van der Waals surface area contributed by atoms with E-state index in [2.05, 4.69) is 56.0 Å². The fraction of sp³-hybridized carbons (Fsp3) is 0.333. The Labute approximate surface area is 122 Å². The van der Waals surface area contributed by atoms with Gasteiger partial charge in [-0.15, -0.1) is 0 Å². The van der Waals surface area contributed by atoms with Crippen molar-refractivity contribution >= 4 is 5.69 Å². The highest BCUT2D eigenvalue weighted by atomic mass is 15.1. The number of para-hydroxylation sites is 1. The third kappa shape index (κ3) is 3.84. The smallest absolute Gasteiger partial charge is 0.0359 e. The number of nitrogens with two attached hydrogens (primary N) is 1. The fourth-order valence-corrected chi connectivity index (χ4v) is 2.62. The normalized spacial score (nSPS) is 11.0. The van der Waals surface area contributed by atoms with Gasteiger partial charge in [0.1, 0.15) is 0 Å². The maximum absolute atomic E-state index is 6.04. The second-order valence-corrected chi connectivity index (χ2v) is 5.50. The van der Waals surface area contributed by atoms with Crippen LogP contribution in [0.1, 0.15) is 29.2 Å². The van der Waals surface area contributed by atoms with Gasteiger partial charge in [0.15, 0.2) is 0 Å². The Morgan fingerprint density at radius 3 is 2.20 bits per heavy atom. The topological polar surface area (TPSA) is 29.3 Å². The van der Waals surface area contributed by atoms with Crippen LogP contribution < -0.4 is 5.73 Å². The van der Waals surface area contributed by atoms with Crippen LogP contribution >= 0.6 is 0 Å². The molecule has 2 aromatic carbocycles. The molecule has 2 N–H and O–H groups in total. The SMILES string of the molecule is CCN(Cc1cc(C)cc(C)c1)Cc1ccccc1N. The van der Waals surface area contributed by atoms with Crippen molar-refractivity contribution in [2.75, 3.05) is 12.3 Å². The van der Waals surface area contributed by atoms with Crippen molar-refractivity contribution in [3.05, 3.63) is 64.7 Å². The summed E-state index contributed by atoms with van der Waals surface area (Å²) in [6.45, 7) is 9.39. The van der Waals surface area contributed by atoms with E-state index in [-0.39, 0.29) is 0 Å². The van der Waals surface area contributed by atoms with Gasteiger partial charge in [0.25, 0.3) is 0 Å². The summed E-state index contributed by atoms with van der Waals surface area (Å²) in [7, 11) is 0. The van der Waals surface area contributed by atoms with Crippen LogP contribution in [0.25, 0.3) is 0 Å². The molecule has 0 saturated heterocycles. The third-order valence-corrected chi connectivity index (χ3v) is 3.58. The summed E-state index contributed by atoms with van der Waals surface area (Å²) in [6.07, 6.45) is 0. The molecule has 0 amide bonds. The van der Waals surface area contributed by atoms with E-state index in [9.17, 15) is 0 Å². The van der Waals surface area contributed by atoms with Gasteiger partial charge in [-0.1, -0.05) is 54.4 Å². The van der Waals surface area contributed by atoms with Crippen molar-refractivity contribution in [3.8, 4) is 0 Å². The molecule has 0 bridgehead atoms. The predicted molar refractivity (Wildman–Crippen MR) is 86.6 cm³/mol. The predicted octanol–water partition coefficient (Wildman–Crippen LogP) is 3.91. The van der Waals surface area contributed by atoms with Crippen LogP contribution in [0.5, 0.6) is 0 Å². The average molecular weight is 268 g/mol. The van der Waals surface area contributed by atoms with Crippen LogP contribution in [-0.2, 0) is 13.1 Å². The molecule has 0 aromatic heterocycles. The number of nitrogen functional groups attached to an aromatic ring is 1. The summed E-state index contributed by atoms with van der Waals surface area (Å²) < 4.78 is 0. The molecule has 0 aliphatic rings. The minimum absolute atomic E-state index is 0.881. The van der Waals surface area contributed by atoms with E-state index >= 15 is 0 Å². The van der Waals surface area contributed by atoms with Crippen LogP contribution in [0.2, 0.25) is 0 Å². The largest absolute Gasteiger partial charge is 0.398 e. The van der Waals surface area contributed by atoms with Gasteiger partial charge in [-0.05, 0) is 37.6 Å². The summed E-state index contributed by atoms with van der Waals surface area (Å²) >= 11 is 0. The van der Waals surface area contributed by atoms with Crippen molar-refractivity contribution in [3.63, 3.8) is 0 Å². The molecule has 0 fully saturated rings. The Morgan fingerprint density at radius 2 is 1.60 bits per heavy atom. The van der Waals surface area contributed by atoms with E-state index in [1.165, 1.54) is 22.3 Å². The van der Waals surface area contributed by atoms with Gasteiger partial charge in [0.2, 0.25) is 0 Å². The maximum Gasteiger partial charge on any atom is 0.0359 e. The number of benzene rings is 2. The number of hydrogen-bond donors (Lipinski definition) is 1. The van der Waals surface area contributed by atoms with Gasteiger partial charge in [-0.25, -0.2) is 0 Å². The molecular weight excluding hydrogens is 244 g/mol. The zero-order valence-corrected chi connectivity index (χ0v) is 12.7. The molecule has 0 aliphatic carbocycles. The van der Waals surface area contributed by atoms with Gasteiger partial charge in [-0.2, -0.15) is 0 Å². The number of nitrogens with zero attached hydrogens (tertiary/aromatic N) is 1. The maximum atomic E-state index is 6.04. The molecule has 0 radical (unpaired) electrons. The molecular formula is C18H24N2.